The zero-order valence-electron chi connectivity index (χ0n) is 17.7. The van der Waals surface area contributed by atoms with Crippen LogP contribution in [0.5, 0.6) is 0 Å². The van der Waals surface area contributed by atoms with E-state index in [1.165, 1.54) is 11.3 Å². The highest BCUT2D eigenvalue weighted by molar-refractivity contribution is 14.0. The van der Waals surface area contributed by atoms with Crippen molar-refractivity contribution >= 4 is 47.2 Å². The summed E-state index contributed by atoms with van der Waals surface area (Å²) in [6.07, 6.45) is 3.38. The van der Waals surface area contributed by atoms with Gasteiger partial charge in [-0.05, 0) is 40.0 Å². The summed E-state index contributed by atoms with van der Waals surface area (Å²) >= 11 is 1.35. The fourth-order valence-corrected chi connectivity index (χ4v) is 3.78. The van der Waals surface area contributed by atoms with Crippen molar-refractivity contribution in [3.63, 3.8) is 0 Å². The quantitative estimate of drug-likeness (QED) is 0.155. The van der Waals surface area contributed by atoms with E-state index >= 15 is 0 Å². The van der Waals surface area contributed by atoms with E-state index in [4.69, 9.17) is 14.2 Å². The molecular weight excluding hydrogens is 507 g/mol. The minimum Gasteiger partial charge on any atom is -0.462 e. The fraction of sp³-hybridized carbons (Fsp3) is 0.737. The first-order chi connectivity index (χ1) is 13.5. The van der Waals surface area contributed by atoms with E-state index in [-0.39, 0.29) is 42.1 Å². The first-order valence-electron chi connectivity index (χ1n) is 9.86. The number of esters is 1. The number of guanidine groups is 1. The average Bonchev–Trinajstić information content (AvgIpc) is 3.33. The third-order valence-electron chi connectivity index (χ3n) is 4.31. The molecule has 1 aliphatic heterocycles. The van der Waals surface area contributed by atoms with Gasteiger partial charge in [0.05, 0.1) is 31.1 Å². The summed E-state index contributed by atoms with van der Waals surface area (Å²) in [7, 11) is 1.73. The molecule has 10 heteroatoms. The van der Waals surface area contributed by atoms with Crippen LogP contribution < -0.4 is 10.6 Å². The molecule has 0 bridgehead atoms. The number of hydrogen-bond acceptors (Lipinski definition) is 7. The first kappa shape index (κ1) is 26.1. The Bertz CT molecular complexity index is 650. The molecule has 0 aliphatic carbocycles. The standard InChI is InChI=1S/C19H32N4O4S.HI/c1-5-26-18(24)16-13(2)22-17(28-16)14(3)23-19(20-4)21-9-7-10-25-12-15-8-6-11-27-15;/h14-15H,5-12H2,1-4H3,(H2,20,21,23);1H. The third-order valence-corrected chi connectivity index (χ3v) is 5.63. The molecule has 8 nitrogen and oxygen atoms in total. The Hall–Kier alpha value is -0.980. The van der Waals surface area contributed by atoms with Crippen LogP contribution in [0.25, 0.3) is 0 Å². The molecule has 2 N–H and O–H groups in total. The molecule has 1 aromatic heterocycles. The van der Waals surface area contributed by atoms with Crippen molar-refractivity contribution in [2.45, 2.75) is 52.2 Å². The Morgan fingerprint density at radius 1 is 1.48 bits per heavy atom. The van der Waals surface area contributed by atoms with Crippen molar-refractivity contribution in [1.29, 1.82) is 0 Å². The Balaban J connectivity index is 0.00000420. The molecule has 1 fully saturated rings. The maximum absolute atomic E-state index is 12.0. The van der Waals surface area contributed by atoms with Gasteiger partial charge < -0.3 is 24.8 Å². The summed E-state index contributed by atoms with van der Waals surface area (Å²) < 4.78 is 16.3. The molecule has 0 radical (unpaired) electrons. The van der Waals surface area contributed by atoms with Gasteiger partial charge >= 0.3 is 5.97 Å². The molecule has 1 aromatic rings. The van der Waals surface area contributed by atoms with E-state index < -0.39 is 0 Å². The lowest BCUT2D eigenvalue weighted by Crippen LogP contribution is -2.39. The number of thiazole rings is 1. The van der Waals surface area contributed by atoms with Gasteiger partial charge in [-0.3, -0.25) is 4.99 Å². The Morgan fingerprint density at radius 3 is 2.93 bits per heavy atom. The lowest BCUT2D eigenvalue weighted by molar-refractivity contribution is 0.0168. The third kappa shape index (κ3) is 8.73. The minimum absolute atomic E-state index is 0. The van der Waals surface area contributed by atoms with Crippen molar-refractivity contribution in [3.8, 4) is 0 Å². The van der Waals surface area contributed by atoms with Gasteiger partial charge in [-0.15, -0.1) is 35.3 Å². The number of hydrogen-bond donors (Lipinski definition) is 2. The van der Waals surface area contributed by atoms with E-state index in [2.05, 4.69) is 20.6 Å². The SMILES string of the molecule is CCOC(=O)c1sc(C(C)NC(=NC)NCCCOCC2CCCO2)nc1C.I. The Labute approximate surface area is 194 Å². The summed E-state index contributed by atoms with van der Waals surface area (Å²) in [5.41, 5.74) is 0.693. The average molecular weight is 540 g/mol. The molecule has 1 aliphatic rings. The maximum Gasteiger partial charge on any atom is 0.350 e. The number of aryl methyl sites for hydroxylation is 1. The lowest BCUT2D eigenvalue weighted by atomic mass is 10.2. The topological polar surface area (TPSA) is 94.1 Å². The second-order valence-electron chi connectivity index (χ2n) is 6.62. The Kier molecular flexibility index (Phi) is 12.7. The molecule has 2 rings (SSSR count). The molecule has 2 atom stereocenters. The van der Waals surface area contributed by atoms with Crippen LogP contribution in [0.3, 0.4) is 0 Å². The number of nitrogens with one attached hydrogen (secondary N) is 2. The number of ether oxygens (including phenoxy) is 3. The van der Waals surface area contributed by atoms with Crippen LogP contribution in [-0.4, -0.2) is 63.0 Å². The molecular formula is C19H33IN4O4S. The molecule has 0 amide bonds. The minimum atomic E-state index is -0.318. The van der Waals surface area contributed by atoms with Crippen molar-refractivity contribution in [2.75, 3.05) is 40.0 Å². The van der Waals surface area contributed by atoms with Crippen LogP contribution in [-0.2, 0) is 14.2 Å². The van der Waals surface area contributed by atoms with Gasteiger partial charge in [0.25, 0.3) is 0 Å². The summed E-state index contributed by atoms with van der Waals surface area (Å²) in [4.78, 5) is 21.3. The second kappa shape index (κ2) is 14.1. The summed E-state index contributed by atoms with van der Waals surface area (Å²) in [5, 5.41) is 7.40. The molecule has 1 saturated heterocycles. The van der Waals surface area contributed by atoms with Crippen molar-refractivity contribution in [1.82, 2.24) is 15.6 Å². The van der Waals surface area contributed by atoms with Crippen LogP contribution in [0.2, 0.25) is 0 Å². The molecule has 166 valence electrons. The highest BCUT2D eigenvalue weighted by atomic mass is 127. The molecule has 0 spiro atoms. The van der Waals surface area contributed by atoms with Gasteiger partial charge in [0.15, 0.2) is 5.96 Å². The highest BCUT2D eigenvalue weighted by Crippen LogP contribution is 2.24. The molecule has 0 aromatic carbocycles. The van der Waals surface area contributed by atoms with E-state index in [1.807, 2.05) is 13.8 Å². The van der Waals surface area contributed by atoms with Crippen LogP contribution in [0.4, 0.5) is 0 Å². The highest BCUT2D eigenvalue weighted by Gasteiger charge is 2.20. The van der Waals surface area contributed by atoms with Crippen molar-refractivity contribution in [2.24, 2.45) is 4.99 Å². The molecule has 2 unspecified atom stereocenters. The maximum atomic E-state index is 12.0. The predicted molar refractivity (Wildman–Crippen MR) is 126 cm³/mol. The number of aromatic nitrogens is 1. The molecule has 29 heavy (non-hydrogen) atoms. The van der Waals surface area contributed by atoms with Crippen LogP contribution in [0, 0.1) is 6.92 Å². The monoisotopic (exact) mass is 540 g/mol. The number of carbonyl (C=O) groups excluding carboxylic acids is 1. The lowest BCUT2D eigenvalue weighted by Gasteiger charge is -2.16. The predicted octanol–water partition coefficient (Wildman–Crippen LogP) is 3.06. The van der Waals surface area contributed by atoms with E-state index in [1.54, 1.807) is 14.0 Å². The van der Waals surface area contributed by atoms with Crippen molar-refractivity contribution in [3.05, 3.63) is 15.6 Å². The number of carbonyl (C=O) groups is 1. The fourth-order valence-electron chi connectivity index (χ4n) is 2.82. The van der Waals surface area contributed by atoms with Gasteiger partial charge in [-0.25, -0.2) is 9.78 Å². The van der Waals surface area contributed by atoms with Gasteiger partial charge in [-0.2, -0.15) is 0 Å². The summed E-state index contributed by atoms with van der Waals surface area (Å²) in [5.74, 6) is 0.374. The van der Waals surface area contributed by atoms with Gasteiger partial charge in [0.2, 0.25) is 0 Å². The summed E-state index contributed by atoms with van der Waals surface area (Å²) in [6, 6.07) is -0.0751. The second-order valence-corrected chi connectivity index (χ2v) is 7.65. The van der Waals surface area contributed by atoms with Crippen molar-refractivity contribution < 1.29 is 19.0 Å². The zero-order valence-corrected chi connectivity index (χ0v) is 20.8. The van der Waals surface area contributed by atoms with Gasteiger partial charge in [0, 0.05) is 26.8 Å². The first-order valence-corrected chi connectivity index (χ1v) is 10.7. The van der Waals surface area contributed by atoms with E-state index in [0.29, 0.717) is 36.4 Å². The number of nitrogens with zero attached hydrogens (tertiary/aromatic N) is 2. The van der Waals surface area contributed by atoms with E-state index in [9.17, 15) is 4.79 Å². The molecule has 0 saturated carbocycles. The number of halogens is 1. The normalized spacial score (nSPS) is 17.5. The van der Waals surface area contributed by atoms with Crippen LogP contribution in [0.15, 0.2) is 4.99 Å². The number of rotatable bonds is 10. The van der Waals surface area contributed by atoms with Gasteiger partial charge in [-0.1, -0.05) is 0 Å². The van der Waals surface area contributed by atoms with Crippen LogP contribution in [0.1, 0.15) is 59.5 Å². The smallest absolute Gasteiger partial charge is 0.350 e. The molecule has 2 heterocycles. The van der Waals surface area contributed by atoms with Gasteiger partial charge in [0.1, 0.15) is 9.88 Å². The van der Waals surface area contributed by atoms with E-state index in [0.717, 1.165) is 37.4 Å². The zero-order chi connectivity index (χ0) is 20.4. The van der Waals surface area contributed by atoms with Crippen LogP contribution >= 0.6 is 35.3 Å². The largest absolute Gasteiger partial charge is 0.462 e. The number of aliphatic imine (C=N–C) groups is 1. The Morgan fingerprint density at radius 2 is 2.28 bits per heavy atom. The summed E-state index contributed by atoms with van der Waals surface area (Å²) in [6.45, 7) is 8.94.